The zero-order chi connectivity index (χ0) is 29.1. The third-order valence-corrected chi connectivity index (χ3v) is 8.28. The van der Waals surface area contributed by atoms with Crippen LogP contribution in [0.3, 0.4) is 0 Å². The number of hydrogen-bond donors (Lipinski definition) is 4. The van der Waals surface area contributed by atoms with E-state index in [1.807, 2.05) is 0 Å². The summed E-state index contributed by atoms with van der Waals surface area (Å²) in [7, 11) is -11.0. The minimum absolute atomic E-state index is 0.0121. The normalized spacial score (nSPS) is 23.5. The van der Waals surface area contributed by atoms with Crippen LogP contribution in [0.15, 0.2) is 0 Å². The molecular weight excluding hydrogens is 564 g/mol. The third-order valence-electron chi connectivity index (χ3n) is 5.52. The van der Waals surface area contributed by atoms with Crippen LogP contribution in [0.1, 0.15) is 51.4 Å². The van der Waals surface area contributed by atoms with Gasteiger partial charge in [-0.15, -0.1) is 0 Å². The molecule has 38 heavy (non-hydrogen) atoms. The molecule has 2 atom stereocenters. The van der Waals surface area contributed by atoms with Gasteiger partial charge in [-0.3, -0.25) is 48.5 Å². The zero-order valence-electron chi connectivity index (χ0n) is 19.1. The maximum atomic E-state index is 12.1. The van der Waals surface area contributed by atoms with Crippen molar-refractivity contribution in [3.05, 3.63) is 0 Å². The highest BCUT2D eigenvalue weighted by Crippen LogP contribution is 2.29. The third kappa shape index (κ3) is 5.92. The van der Waals surface area contributed by atoms with Crippen LogP contribution < -0.4 is 10.6 Å². The van der Waals surface area contributed by atoms with Crippen LogP contribution in [0.25, 0.3) is 0 Å². The van der Waals surface area contributed by atoms with Crippen LogP contribution in [-0.2, 0) is 68.1 Å². The molecule has 2 aliphatic rings. The van der Waals surface area contributed by atoms with Crippen LogP contribution in [0, 0.1) is 0 Å². The molecule has 2 unspecified atom stereocenters. The fourth-order valence-corrected chi connectivity index (χ4v) is 5.18. The summed E-state index contributed by atoms with van der Waals surface area (Å²) < 4.78 is 66.7. The number of nitrogens with one attached hydrogen (secondary N) is 2. The van der Waals surface area contributed by atoms with Gasteiger partial charge in [-0.1, -0.05) is 12.8 Å². The van der Waals surface area contributed by atoms with Gasteiger partial charge in [0.05, 0.1) is 12.8 Å². The maximum absolute atomic E-state index is 12.1. The Kier molecular flexibility index (Phi) is 8.87. The van der Waals surface area contributed by atoms with Gasteiger partial charge in [0.15, 0.2) is 0 Å². The number of imide groups is 2. The zero-order valence-corrected chi connectivity index (χ0v) is 20.7. The number of esters is 4. The number of ether oxygens (including phenoxy) is 2. The van der Waals surface area contributed by atoms with Crippen molar-refractivity contribution in [1.29, 1.82) is 0 Å². The molecular formula is C18H20N2O16S2. The lowest BCUT2D eigenvalue weighted by atomic mass is 10.1. The van der Waals surface area contributed by atoms with Crippen LogP contribution in [0.4, 0.5) is 0 Å². The van der Waals surface area contributed by atoms with Gasteiger partial charge in [-0.05, 0) is 12.8 Å². The second-order valence-electron chi connectivity index (χ2n) is 8.15. The van der Waals surface area contributed by atoms with Crippen molar-refractivity contribution >= 4 is 67.7 Å². The lowest BCUT2D eigenvalue weighted by Gasteiger charge is -2.18. The van der Waals surface area contributed by atoms with Crippen LogP contribution >= 0.6 is 0 Å². The van der Waals surface area contributed by atoms with E-state index in [1.54, 1.807) is 0 Å². The molecule has 4 N–H and O–H groups in total. The van der Waals surface area contributed by atoms with E-state index in [2.05, 4.69) is 9.47 Å². The van der Waals surface area contributed by atoms with E-state index < -0.39 is 103 Å². The molecule has 0 aromatic rings. The minimum Gasteiger partial charge on any atom is -0.391 e. The molecule has 0 aromatic heterocycles. The van der Waals surface area contributed by atoms with Crippen molar-refractivity contribution in [3.63, 3.8) is 0 Å². The van der Waals surface area contributed by atoms with Crippen molar-refractivity contribution in [2.75, 3.05) is 0 Å². The van der Waals surface area contributed by atoms with Gasteiger partial charge in [-0.2, -0.15) is 16.8 Å². The topological polar surface area (TPSA) is 288 Å². The first-order chi connectivity index (χ1) is 17.4. The number of carbonyl (C=O) groups excluding carboxylic acids is 8. The Bertz CT molecular complexity index is 1230. The molecule has 2 aliphatic heterocycles. The van der Waals surface area contributed by atoms with Crippen molar-refractivity contribution in [1.82, 2.24) is 10.6 Å². The van der Waals surface area contributed by atoms with Gasteiger partial charge in [0.25, 0.3) is 41.5 Å². The smallest absolute Gasteiger partial charge is 0.348 e. The summed E-state index contributed by atoms with van der Waals surface area (Å²) in [5.41, 5.74) is 0. The predicted molar refractivity (Wildman–Crippen MR) is 114 cm³/mol. The summed E-state index contributed by atoms with van der Waals surface area (Å²) >= 11 is 0. The molecule has 0 saturated carbocycles. The van der Waals surface area contributed by atoms with Gasteiger partial charge in [0.1, 0.15) is 0 Å². The number of rotatable bonds is 11. The molecule has 20 heteroatoms. The number of carbonyl (C=O) groups is 8. The van der Waals surface area contributed by atoms with Gasteiger partial charge in [0.2, 0.25) is 11.8 Å². The van der Waals surface area contributed by atoms with Crippen LogP contribution in [0.5, 0.6) is 0 Å². The summed E-state index contributed by atoms with van der Waals surface area (Å²) in [4.78, 5) is 94.1. The SMILES string of the molecule is O=C1CC(C(=O)OC(=O)CCCCCCC(=O)OC(=O)C2(S(=O)(=O)O)CC(=O)NC2=O)(S(=O)(=O)O)C(=O)N1. The van der Waals surface area contributed by atoms with Gasteiger partial charge in [-0.25, -0.2) is 9.59 Å². The van der Waals surface area contributed by atoms with E-state index in [1.165, 1.54) is 10.6 Å². The summed E-state index contributed by atoms with van der Waals surface area (Å²) in [6.45, 7) is 0. The standard InChI is InChI=1S/C18H20N2O16S2/c21-9-7-17(13(25)19-9,37(29,30)31)15(27)35-11(23)5-3-1-2-4-6-12(24)36-16(28)18(38(32,33)34)8-10(22)20-14(18)26/h1-8H2,(H,19,21,25)(H,20,22,26)(H,29,30,31)(H,32,33,34). The Balaban J connectivity index is 1.78. The highest BCUT2D eigenvalue weighted by Gasteiger charge is 2.65. The average Bonchev–Trinajstić information content (AvgIpc) is 3.25. The first-order valence-electron chi connectivity index (χ1n) is 10.5. The Morgan fingerprint density at radius 2 is 0.974 bits per heavy atom. The molecule has 210 valence electrons. The number of amides is 4. The molecule has 0 bridgehead atoms. The number of hydrogen-bond acceptors (Lipinski definition) is 14. The first kappa shape index (κ1) is 30.6. The minimum atomic E-state index is -5.48. The quantitative estimate of drug-likeness (QED) is 0.0611. The molecule has 0 aliphatic carbocycles. The highest BCUT2D eigenvalue weighted by atomic mass is 32.2. The van der Waals surface area contributed by atoms with Crippen molar-refractivity contribution in [3.8, 4) is 0 Å². The summed E-state index contributed by atoms with van der Waals surface area (Å²) in [6.07, 6.45) is -3.10. The first-order valence-corrected chi connectivity index (χ1v) is 13.4. The maximum Gasteiger partial charge on any atom is 0.348 e. The van der Waals surface area contributed by atoms with Crippen molar-refractivity contribution < 1.29 is 73.8 Å². The van der Waals surface area contributed by atoms with E-state index in [-0.39, 0.29) is 25.7 Å². The van der Waals surface area contributed by atoms with E-state index in [0.29, 0.717) is 0 Å². The van der Waals surface area contributed by atoms with E-state index in [9.17, 15) is 64.3 Å². The molecule has 2 fully saturated rings. The average molecular weight is 584 g/mol. The second-order valence-corrected chi connectivity index (χ2v) is 11.4. The summed E-state index contributed by atoms with van der Waals surface area (Å²) in [6, 6.07) is 0. The molecule has 4 amide bonds. The fraction of sp³-hybridized carbons (Fsp3) is 0.556. The summed E-state index contributed by atoms with van der Waals surface area (Å²) in [5, 5.41) is 3.04. The predicted octanol–water partition coefficient (Wildman–Crippen LogP) is -3.19. The van der Waals surface area contributed by atoms with Crippen molar-refractivity contribution in [2.24, 2.45) is 0 Å². The van der Waals surface area contributed by atoms with E-state index in [0.717, 1.165) is 0 Å². The Labute approximate surface area is 213 Å². The van der Waals surface area contributed by atoms with E-state index in [4.69, 9.17) is 0 Å². The Hall–Kier alpha value is -3.62. The fourth-order valence-electron chi connectivity index (χ4n) is 3.48. The number of unbranched alkanes of at least 4 members (excludes halogenated alkanes) is 3. The molecule has 0 spiro atoms. The Morgan fingerprint density at radius 3 is 1.21 bits per heavy atom. The molecule has 0 aromatic carbocycles. The lowest BCUT2D eigenvalue weighted by molar-refractivity contribution is -0.164. The molecule has 18 nitrogen and oxygen atoms in total. The monoisotopic (exact) mass is 584 g/mol. The van der Waals surface area contributed by atoms with Gasteiger partial charge >= 0.3 is 23.9 Å². The second kappa shape index (κ2) is 11.0. The molecule has 2 saturated heterocycles. The van der Waals surface area contributed by atoms with Crippen LogP contribution in [-0.4, -0.2) is 82.9 Å². The largest absolute Gasteiger partial charge is 0.391 e. The van der Waals surface area contributed by atoms with Gasteiger partial charge in [0, 0.05) is 12.8 Å². The van der Waals surface area contributed by atoms with E-state index >= 15 is 0 Å². The molecule has 2 rings (SSSR count). The molecule has 2 heterocycles. The Morgan fingerprint density at radius 1 is 0.658 bits per heavy atom. The molecule has 0 radical (unpaired) electrons. The van der Waals surface area contributed by atoms with Crippen LogP contribution in [0.2, 0.25) is 0 Å². The van der Waals surface area contributed by atoms with Crippen molar-refractivity contribution in [2.45, 2.75) is 60.9 Å². The highest BCUT2D eigenvalue weighted by molar-refractivity contribution is 7.89. The summed E-state index contributed by atoms with van der Waals surface area (Å²) in [5.74, 6) is -12.2. The van der Waals surface area contributed by atoms with Gasteiger partial charge < -0.3 is 9.47 Å². The lowest BCUT2D eigenvalue weighted by Crippen LogP contribution is -2.53.